The Balaban J connectivity index is 2.46. The van der Waals surface area contributed by atoms with Crippen molar-refractivity contribution in [1.29, 1.82) is 0 Å². The molecule has 100 valence electrons. The van der Waals surface area contributed by atoms with Crippen molar-refractivity contribution in [1.82, 2.24) is 10.3 Å². The van der Waals surface area contributed by atoms with Crippen LogP contribution < -0.4 is 10.1 Å². The number of hydrogen-bond donors (Lipinski definition) is 1. The number of aromatic nitrogens is 1. The van der Waals surface area contributed by atoms with Crippen molar-refractivity contribution in [2.45, 2.75) is 19.9 Å². The predicted octanol–water partition coefficient (Wildman–Crippen LogP) is 3.02. The quantitative estimate of drug-likeness (QED) is 0.913. The Bertz CT molecular complexity index is 566. The lowest BCUT2D eigenvalue weighted by Crippen LogP contribution is -2.19. The Morgan fingerprint density at radius 2 is 2.00 bits per heavy atom. The number of methoxy groups -OCH3 is 1. The van der Waals surface area contributed by atoms with E-state index in [0.717, 1.165) is 11.3 Å². The topological polar surface area (TPSA) is 34.2 Å². The van der Waals surface area contributed by atoms with Gasteiger partial charge in [0.2, 0.25) is 0 Å². The lowest BCUT2D eigenvalue weighted by molar-refractivity contribution is 0.411. The molecule has 3 heteroatoms. The van der Waals surface area contributed by atoms with E-state index in [4.69, 9.17) is 4.74 Å². The highest BCUT2D eigenvalue weighted by Crippen LogP contribution is 2.27. The van der Waals surface area contributed by atoms with Crippen LogP contribution in [0.2, 0.25) is 0 Å². The smallest absolute Gasteiger partial charge is 0.137 e. The number of hydrogen-bond acceptors (Lipinski definition) is 3. The van der Waals surface area contributed by atoms with Gasteiger partial charge < -0.3 is 10.1 Å². The molecule has 0 aliphatic rings. The van der Waals surface area contributed by atoms with E-state index in [1.165, 1.54) is 16.7 Å². The summed E-state index contributed by atoms with van der Waals surface area (Å²) in [7, 11) is 3.62. The molecule has 1 aromatic heterocycles. The molecule has 0 fully saturated rings. The molecule has 1 heterocycles. The summed E-state index contributed by atoms with van der Waals surface area (Å²) in [5.74, 6) is 0.781. The summed E-state index contributed by atoms with van der Waals surface area (Å²) in [5.41, 5.74) is 4.99. The second-order valence-corrected chi connectivity index (χ2v) is 4.67. The summed E-state index contributed by atoms with van der Waals surface area (Å²) in [6, 6.07) is 8.53. The number of ether oxygens (including phenoxy) is 1. The Labute approximate surface area is 114 Å². The summed E-state index contributed by atoms with van der Waals surface area (Å²) < 4.78 is 5.25. The third kappa shape index (κ3) is 2.76. The van der Waals surface area contributed by atoms with Gasteiger partial charge >= 0.3 is 0 Å². The number of rotatable bonds is 4. The summed E-state index contributed by atoms with van der Waals surface area (Å²) in [5, 5.41) is 3.36. The fourth-order valence-corrected chi connectivity index (χ4v) is 2.29. The number of benzene rings is 1. The highest BCUT2D eigenvalue weighted by atomic mass is 16.5. The Hall–Kier alpha value is -1.87. The number of aryl methyl sites for hydroxylation is 1. The molecule has 2 rings (SSSR count). The fraction of sp³-hybridized carbons (Fsp3) is 0.312. The second kappa shape index (κ2) is 5.85. The van der Waals surface area contributed by atoms with E-state index in [1.807, 2.05) is 19.3 Å². The Morgan fingerprint density at radius 1 is 1.21 bits per heavy atom. The summed E-state index contributed by atoms with van der Waals surface area (Å²) in [6.07, 6.45) is 3.60. The third-order valence-corrected chi connectivity index (χ3v) is 3.55. The molecule has 1 atom stereocenters. The van der Waals surface area contributed by atoms with Crippen molar-refractivity contribution >= 4 is 0 Å². The molecule has 0 amide bonds. The maximum Gasteiger partial charge on any atom is 0.137 e. The normalized spacial score (nSPS) is 12.2. The largest absolute Gasteiger partial charge is 0.495 e. The van der Waals surface area contributed by atoms with E-state index in [1.54, 1.807) is 13.3 Å². The fourth-order valence-electron chi connectivity index (χ4n) is 2.29. The number of nitrogens with zero attached hydrogens (tertiary/aromatic N) is 1. The molecule has 0 spiro atoms. The van der Waals surface area contributed by atoms with Crippen LogP contribution in [0.4, 0.5) is 0 Å². The van der Waals surface area contributed by atoms with Gasteiger partial charge in [-0.05, 0) is 49.2 Å². The lowest BCUT2D eigenvalue weighted by atomic mass is 9.93. The standard InChI is InChI=1S/C16H20N2O/c1-11-6-5-7-15(12(11)2)16(17-3)13-8-14(19-4)10-18-9-13/h5-10,16-17H,1-4H3. The minimum absolute atomic E-state index is 0.127. The van der Waals surface area contributed by atoms with Gasteiger partial charge in [-0.15, -0.1) is 0 Å². The van der Waals surface area contributed by atoms with Crippen LogP contribution in [0.5, 0.6) is 5.75 Å². The van der Waals surface area contributed by atoms with Crippen LogP contribution in [0.15, 0.2) is 36.7 Å². The van der Waals surface area contributed by atoms with Gasteiger partial charge in [-0.3, -0.25) is 4.98 Å². The number of pyridine rings is 1. The molecule has 19 heavy (non-hydrogen) atoms. The maximum atomic E-state index is 5.25. The van der Waals surface area contributed by atoms with Crippen molar-refractivity contribution in [3.05, 3.63) is 58.9 Å². The van der Waals surface area contributed by atoms with Gasteiger partial charge in [0.1, 0.15) is 5.75 Å². The van der Waals surface area contributed by atoms with E-state index in [9.17, 15) is 0 Å². The molecule has 1 N–H and O–H groups in total. The predicted molar refractivity (Wildman–Crippen MR) is 77.6 cm³/mol. The monoisotopic (exact) mass is 256 g/mol. The zero-order chi connectivity index (χ0) is 13.8. The van der Waals surface area contributed by atoms with Crippen molar-refractivity contribution in [3.63, 3.8) is 0 Å². The van der Waals surface area contributed by atoms with Gasteiger partial charge in [0, 0.05) is 6.20 Å². The van der Waals surface area contributed by atoms with E-state index in [0.29, 0.717) is 0 Å². The van der Waals surface area contributed by atoms with Crippen molar-refractivity contribution < 1.29 is 4.74 Å². The SMILES string of the molecule is CNC(c1cncc(OC)c1)c1cccc(C)c1C. The van der Waals surface area contributed by atoms with Gasteiger partial charge in [-0.2, -0.15) is 0 Å². The van der Waals surface area contributed by atoms with Crippen molar-refractivity contribution in [2.24, 2.45) is 0 Å². The van der Waals surface area contributed by atoms with Crippen LogP contribution in [-0.4, -0.2) is 19.1 Å². The molecule has 1 unspecified atom stereocenters. The molecule has 0 saturated carbocycles. The van der Waals surface area contributed by atoms with Crippen molar-refractivity contribution in [2.75, 3.05) is 14.2 Å². The van der Waals surface area contributed by atoms with E-state index >= 15 is 0 Å². The van der Waals surface area contributed by atoms with Gasteiger partial charge in [-0.25, -0.2) is 0 Å². The van der Waals surface area contributed by atoms with Crippen molar-refractivity contribution in [3.8, 4) is 5.75 Å². The third-order valence-electron chi connectivity index (χ3n) is 3.55. The average Bonchev–Trinajstić information content (AvgIpc) is 2.44. The summed E-state index contributed by atoms with van der Waals surface area (Å²) >= 11 is 0. The molecule has 3 nitrogen and oxygen atoms in total. The number of nitrogens with one attached hydrogen (secondary N) is 1. The summed E-state index contributed by atoms with van der Waals surface area (Å²) in [4.78, 5) is 4.24. The highest BCUT2D eigenvalue weighted by Gasteiger charge is 2.15. The van der Waals surface area contributed by atoms with Crippen LogP contribution in [-0.2, 0) is 0 Å². The molecule has 2 aromatic rings. The van der Waals surface area contributed by atoms with Gasteiger partial charge in [0.15, 0.2) is 0 Å². The molecular weight excluding hydrogens is 236 g/mol. The average molecular weight is 256 g/mol. The Kier molecular flexibility index (Phi) is 4.17. The van der Waals surface area contributed by atoms with E-state index < -0.39 is 0 Å². The van der Waals surface area contributed by atoms with E-state index in [-0.39, 0.29) is 6.04 Å². The first-order valence-corrected chi connectivity index (χ1v) is 6.39. The second-order valence-electron chi connectivity index (χ2n) is 4.67. The highest BCUT2D eigenvalue weighted by molar-refractivity contribution is 5.41. The first kappa shape index (κ1) is 13.6. The lowest BCUT2D eigenvalue weighted by Gasteiger charge is -2.20. The molecule has 0 bridgehead atoms. The molecule has 0 saturated heterocycles. The van der Waals surface area contributed by atoms with Crippen LogP contribution in [0.1, 0.15) is 28.3 Å². The van der Waals surface area contributed by atoms with Gasteiger partial charge in [-0.1, -0.05) is 18.2 Å². The maximum absolute atomic E-state index is 5.25. The van der Waals surface area contributed by atoms with Gasteiger partial charge in [0.25, 0.3) is 0 Å². The molecule has 0 radical (unpaired) electrons. The molecular formula is C16H20N2O. The first-order valence-electron chi connectivity index (χ1n) is 6.39. The van der Waals surface area contributed by atoms with E-state index in [2.05, 4.69) is 42.3 Å². The van der Waals surface area contributed by atoms with Crippen LogP contribution in [0.3, 0.4) is 0 Å². The minimum atomic E-state index is 0.127. The summed E-state index contributed by atoms with van der Waals surface area (Å²) in [6.45, 7) is 4.29. The van der Waals surface area contributed by atoms with Crippen LogP contribution in [0.25, 0.3) is 0 Å². The minimum Gasteiger partial charge on any atom is -0.495 e. The molecule has 1 aromatic carbocycles. The molecule has 0 aliphatic heterocycles. The van der Waals surface area contributed by atoms with Gasteiger partial charge in [0.05, 0.1) is 19.3 Å². The first-order chi connectivity index (χ1) is 9.17. The van der Waals surface area contributed by atoms with Crippen LogP contribution in [0, 0.1) is 13.8 Å². The zero-order valence-electron chi connectivity index (χ0n) is 11.9. The zero-order valence-corrected chi connectivity index (χ0v) is 11.9. The Morgan fingerprint density at radius 3 is 2.68 bits per heavy atom. The molecule has 0 aliphatic carbocycles. The van der Waals surface area contributed by atoms with Crippen LogP contribution >= 0.6 is 0 Å².